The maximum atomic E-state index is 5.90. The van der Waals surface area contributed by atoms with Gasteiger partial charge in [-0.2, -0.15) is 5.10 Å². The van der Waals surface area contributed by atoms with E-state index in [0.717, 1.165) is 17.0 Å². The Hall–Kier alpha value is -1.29. The van der Waals surface area contributed by atoms with Crippen molar-refractivity contribution in [3.63, 3.8) is 0 Å². The molecule has 2 unspecified atom stereocenters. The monoisotopic (exact) mass is 280 g/mol. The maximum Gasteiger partial charge on any atom is 0.152 e. The van der Waals surface area contributed by atoms with Crippen LogP contribution in [-0.4, -0.2) is 26.5 Å². The lowest BCUT2D eigenvalue weighted by molar-refractivity contribution is 0.564. The van der Waals surface area contributed by atoms with Crippen molar-refractivity contribution in [2.75, 3.05) is 11.2 Å². The van der Waals surface area contributed by atoms with Crippen molar-refractivity contribution in [3.8, 4) is 0 Å². The molecule has 0 aliphatic rings. The lowest BCUT2D eigenvalue weighted by atomic mass is 10.1. The first-order valence-corrected chi connectivity index (χ1v) is 7.23. The maximum absolute atomic E-state index is 5.90. The largest absolute Gasteiger partial charge is 0.366 e. The Morgan fingerprint density at radius 1 is 1.32 bits per heavy atom. The summed E-state index contributed by atoms with van der Waals surface area (Å²) in [6.07, 6.45) is 3.65. The second-order valence-electron chi connectivity index (χ2n) is 5.39. The Bertz CT molecular complexity index is 549. The number of fused-ring (bicyclic) bond motifs is 1. The van der Waals surface area contributed by atoms with Gasteiger partial charge in [0.05, 0.1) is 5.69 Å². The zero-order valence-corrected chi connectivity index (χ0v) is 12.6. The molecule has 104 valence electrons. The third kappa shape index (κ3) is 3.00. The third-order valence-corrected chi connectivity index (χ3v) is 3.95. The molecule has 2 rings (SSSR count). The smallest absolute Gasteiger partial charge is 0.152 e. The molecular weight excluding hydrogens is 260 g/mol. The first-order valence-electron chi connectivity index (χ1n) is 6.69. The van der Waals surface area contributed by atoms with E-state index in [1.54, 1.807) is 6.20 Å². The first kappa shape index (κ1) is 14.1. The van der Waals surface area contributed by atoms with Crippen LogP contribution in [0.4, 0.5) is 5.82 Å². The molecule has 0 fully saturated rings. The molecule has 1 N–H and O–H groups in total. The summed E-state index contributed by atoms with van der Waals surface area (Å²) >= 11 is 5.90. The van der Waals surface area contributed by atoms with Crippen LogP contribution in [0.1, 0.15) is 39.3 Å². The van der Waals surface area contributed by atoms with Crippen LogP contribution in [0.3, 0.4) is 0 Å². The van der Waals surface area contributed by atoms with Crippen LogP contribution in [0.25, 0.3) is 5.52 Å². The van der Waals surface area contributed by atoms with Crippen molar-refractivity contribution >= 4 is 22.9 Å². The van der Waals surface area contributed by atoms with E-state index in [9.17, 15) is 0 Å². The predicted octanol–water partition coefficient (Wildman–Crippen LogP) is 3.53. The molecule has 2 heterocycles. The van der Waals surface area contributed by atoms with Crippen LogP contribution >= 0.6 is 11.6 Å². The van der Waals surface area contributed by atoms with Gasteiger partial charge in [0.2, 0.25) is 0 Å². The summed E-state index contributed by atoms with van der Waals surface area (Å²) in [6.45, 7) is 8.53. The summed E-state index contributed by atoms with van der Waals surface area (Å²) < 4.78 is 1.88. The second kappa shape index (κ2) is 5.78. The van der Waals surface area contributed by atoms with Gasteiger partial charge in [-0.05, 0) is 24.8 Å². The second-order valence-corrected chi connectivity index (χ2v) is 5.70. The number of rotatable bonds is 5. The third-order valence-electron chi connectivity index (χ3n) is 3.46. The van der Waals surface area contributed by atoms with Crippen LogP contribution < -0.4 is 5.32 Å². The molecule has 0 aliphatic heterocycles. The minimum atomic E-state index is 0.272. The summed E-state index contributed by atoms with van der Waals surface area (Å²) in [5.74, 6) is 2.29. The summed E-state index contributed by atoms with van der Waals surface area (Å²) in [5.41, 5.74) is 2.09. The number of nitrogens with zero attached hydrogens (tertiary/aromatic N) is 3. The number of hydrogen-bond acceptors (Lipinski definition) is 3. The van der Waals surface area contributed by atoms with Gasteiger partial charge < -0.3 is 5.32 Å². The normalized spacial score (nSPS) is 14.8. The van der Waals surface area contributed by atoms with E-state index in [0.29, 0.717) is 17.7 Å². The van der Waals surface area contributed by atoms with Crippen LogP contribution in [0.15, 0.2) is 18.5 Å². The van der Waals surface area contributed by atoms with E-state index >= 15 is 0 Å². The minimum Gasteiger partial charge on any atom is -0.366 e. The quantitative estimate of drug-likeness (QED) is 0.852. The van der Waals surface area contributed by atoms with Gasteiger partial charge in [-0.15, -0.1) is 11.6 Å². The van der Waals surface area contributed by atoms with E-state index in [1.807, 2.05) is 10.7 Å². The van der Waals surface area contributed by atoms with Crippen LogP contribution in [-0.2, 0) is 0 Å². The fourth-order valence-corrected chi connectivity index (χ4v) is 2.09. The number of nitrogens with one attached hydrogen (secondary N) is 1. The van der Waals surface area contributed by atoms with Crippen molar-refractivity contribution in [3.05, 3.63) is 24.2 Å². The highest BCUT2D eigenvalue weighted by Crippen LogP contribution is 2.21. The molecule has 0 radical (unpaired) electrons. The highest BCUT2D eigenvalue weighted by Gasteiger charge is 2.14. The van der Waals surface area contributed by atoms with Gasteiger partial charge in [0.1, 0.15) is 5.52 Å². The van der Waals surface area contributed by atoms with Crippen molar-refractivity contribution in [2.45, 2.75) is 39.7 Å². The molecular formula is C14H21ClN4. The molecule has 5 heteroatoms. The topological polar surface area (TPSA) is 42.2 Å². The molecule has 0 aliphatic carbocycles. The van der Waals surface area contributed by atoms with Crippen LogP contribution in [0.2, 0.25) is 0 Å². The first-order chi connectivity index (χ1) is 9.02. The molecule has 4 nitrogen and oxygen atoms in total. The standard InChI is InChI=1S/C14H21ClN4/c1-9(2)12-7-13-14(16-5-6-19(13)18-12)17-11(4)10(3)8-15/h5-7,9-11H,8H2,1-4H3,(H,16,17). The van der Waals surface area contributed by atoms with Crippen molar-refractivity contribution in [2.24, 2.45) is 5.92 Å². The SMILES string of the molecule is CC(C)c1cc2c(NC(C)C(C)CCl)nccn2n1. The Labute approximate surface area is 119 Å². The van der Waals surface area contributed by atoms with E-state index in [-0.39, 0.29) is 6.04 Å². The summed E-state index contributed by atoms with van der Waals surface area (Å²) in [6, 6.07) is 2.37. The molecule has 0 spiro atoms. The summed E-state index contributed by atoms with van der Waals surface area (Å²) in [5, 5.41) is 7.99. The highest BCUT2D eigenvalue weighted by atomic mass is 35.5. The summed E-state index contributed by atoms with van der Waals surface area (Å²) in [4.78, 5) is 4.42. The van der Waals surface area contributed by atoms with Gasteiger partial charge in [0.15, 0.2) is 5.82 Å². The fraction of sp³-hybridized carbons (Fsp3) is 0.571. The molecule has 0 amide bonds. The van der Waals surface area contributed by atoms with E-state index in [2.05, 4.69) is 49.2 Å². The van der Waals surface area contributed by atoms with Gasteiger partial charge >= 0.3 is 0 Å². The molecule has 0 aromatic carbocycles. The van der Waals surface area contributed by atoms with Gasteiger partial charge in [-0.3, -0.25) is 0 Å². The average molecular weight is 281 g/mol. The number of alkyl halides is 1. The summed E-state index contributed by atoms with van der Waals surface area (Å²) in [7, 11) is 0. The molecule has 19 heavy (non-hydrogen) atoms. The van der Waals surface area contributed by atoms with Crippen molar-refractivity contribution in [1.82, 2.24) is 14.6 Å². The Morgan fingerprint density at radius 2 is 2.05 bits per heavy atom. The number of halogens is 1. The molecule has 2 atom stereocenters. The zero-order chi connectivity index (χ0) is 14.0. The molecule has 0 saturated heterocycles. The van der Waals surface area contributed by atoms with Crippen molar-refractivity contribution < 1.29 is 0 Å². The Morgan fingerprint density at radius 3 is 2.68 bits per heavy atom. The van der Waals surface area contributed by atoms with Gasteiger partial charge in [-0.25, -0.2) is 9.50 Å². The van der Waals surface area contributed by atoms with Crippen molar-refractivity contribution in [1.29, 1.82) is 0 Å². The van der Waals surface area contributed by atoms with E-state index in [1.165, 1.54) is 0 Å². The molecule has 2 aromatic rings. The minimum absolute atomic E-state index is 0.272. The Kier molecular flexibility index (Phi) is 4.30. The fourth-order valence-electron chi connectivity index (χ4n) is 1.83. The van der Waals surface area contributed by atoms with Gasteiger partial charge in [0.25, 0.3) is 0 Å². The van der Waals surface area contributed by atoms with Crippen LogP contribution in [0.5, 0.6) is 0 Å². The number of anilines is 1. The zero-order valence-electron chi connectivity index (χ0n) is 11.9. The van der Waals surface area contributed by atoms with E-state index < -0.39 is 0 Å². The van der Waals surface area contributed by atoms with Gasteiger partial charge in [-0.1, -0.05) is 20.8 Å². The molecule has 2 aromatic heterocycles. The number of aromatic nitrogens is 3. The van der Waals surface area contributed by atoms with Crippen LogP contribution in [0, 0.1) is 5.92 Å². The van der Waals surface area contributed by atoms with E-state index in [4.69, 9.17) is 11.6 Å². The number of hydrogen-bond donors (Lipinski definition) is 1. The molecule has 0 bridgehead atoms. The lowest BCUT2D eigenvalue weighted by Gasteiger charge is -2.19. The predicted molar refractivity (Wildman–Crippen MR) is 80.0 cm³/mol. The lowest BCUT2D eigenvalue weighted by Crippen LogP contribution is -2.25. The average Bonchev–Trinajstić information content (AvgIpc) is 2.83. The Balaban J connectivity index is 2.32. The van der Waals surface area contributed by atoms with Gasteiger partial charge in [0, 0.05) is 24.3 Å². The molecule has 0 saturated carbocycles. The highest BCUT2D eigenvalue weighted by molar-refractivity contribution is 6.18.